The molecule has 0 radical (unpaired) electrons. The van der Waals surface area contributed by atoms with Gasteiger partial charge in [-0.3, -0.25) is 32.9 Å². The van der Waals surface area contributed by atoms with Crippen molar-refractivity contribution in [3.8, 4) is 0 Å². The number of nitro groups is 2. The number of rotatable bonds is 7. The molecule has 0 spiro atoms. The second-order valence-corrected chi connectivity index (χ2v) is 5.45. The SMILES string of the molecule is O=Ic1c(CC(=O)O)cc([N+](=O)[O-])c([N+](=O)[O-])c1CC(=O)O. The molecule has 2 N–H and O–H groups in total. The monoisotopic (exact) mass is 426 g/mol. The molecule has 0 bridgehead atoms. The third-order valence-corrected chi connectivity index (χ3v) is 4.30. The molecule has 11 nitrogen and oxygen atoms in total. The van der Waals surface area contributed by atoms with Crippen LogP contribution in [-0.4, -0.2) is 32.0 Å². The predicted octanol–water partition coefficient (Wildman–Crippen LogP) is 1.24. The minimum atomic E-state index is -2.18. The second-order valence-electron chi connectivity index (χ2n) is 3.93. The van der Waals surface area contributed by atoms with Crippen molar-refractivity contribution in [2.24, 2.45) is 0 Å². The highest BCUT2D eigenvalue weighted by molar-refractivity contribution is 14.1. The summed E-state index contributed by atoms with van der Waals surface area (Å²) in [6.45, 7) is 0. The lowest BCUT2D eigenvalue weighted by Crippen LogP contribution is -2.12. The maximum absolute atomic E-state index is 11.3. The summed E-state index contributed by atoms with van der Waals surface area (Å²) in [5, 5.41) is 39.5. The first-order valence-corrected chi connectivity index (χ1v) is 7.33. The summed E-state index contributed by atoms with van der Waals surface area (Å²) in [6, 6.07) is 0.657. The van der Waals surface area contributed by atoms with E-state index in [2.05, 4.69) is 0 Å². The number of nitro benzene ring substituents is 2. The van der Waals surface area contributed by atoms with E-state index >= 15 is 0 Å². The van der Waals surface area contributed by atoms with Gasteiger partial charge in [-0.1, -0.05) is 0 Å². The Kier molecular flexibility index (Phi) is 5.56. The molecule has 1 aromatic rings. The molecule has 0 aromatic heterocycles. The van der Waals surface area contributed by atoms with Crippen LogP contribution in [0.5, 0.6) is 0 Å². The number of halogens is 1. The number of hydrogen-bond acceptors (Lipinski definition) is 7. The minimum Gasteiger partial charge on any atom is -0.481 e. The summed E-state index contributed by atoms with van der Waals surface area (Å²) in [7, 11) is 0. The first-order valence-electron chi connectivity index (χ1n) is 5.37. The van der Waals surface area contributed by atoms with Crippen molar-refractivity contribution in [3.63, 3.8) is 0 Å². The van der Waals surface area contributed by atoms with Crippen molar-refractivity contribution >= 4 is 44.5 Å². The molecule has 0 atom stereocenters. The first kappa shape index (κ1) is 17.5. The van der Waals surface area contributed by atoms with Gasteiger partial charge in [-0.25, -0.2) is 0 Å². The van der Waals surface area contributed by atoms with Gasteiger partial charge in [0.25, 0.3) is 0 Å². The number of nitrogens with zero attached hydrogens (tertiary/aromatic N) is 2. The molecule has 22 heavy (non-hydrogen) atoms. The molecule has 118 valence electrons. The van der Waals surface area contributed by atoms with Gasteiger partial charge in [0, 0.05) is 6.07 Å². The number of carboxylic acid groups (broad SMARTS) is 2. The third-order valence-electron chi connectivity index (χ3n) is 2.51. The Labute approximate surface area is 131 Å². The molecule has 1 rings (SSSR count). The lowest BCUT2D eigenvalue weighted by atomic mass is 10.0. The Balaban J connectivity index is 3.84. The number of aliphatic carboxylic acids is 2. The van der Waals surface area contributed by atoms with Gasteiger partial charge in [-0.2, -0.15) is 0 Å². The highest BCUT2D eigenvalue weighted by Crippen LogP contribution is 2.38. The minimum absolute atomic E-state index is 0.260. The van der Waals surface area contributed by atoms with Crippen LogP contribution in [0.25, 0.3) is 0 Å². The van der Waals surface area contributed by atoms with Crippen LogP contribution in [0.15, 0.2) is 6.07 Å². The summed E-state index contributed by atoms with van der Waals surface area (Å²) in [6.07, 6.45) is -1.73. The van der Waals surface area contributed by atoms with Gasteiger partial charge in [0.05, 0.1) is 31.8 Å². The Morgan fingerprint density at radius 3 is 2.00 bits per heavy atom. The fraction of sp³-hybridized carbons (Fsp3) is 0.200. The molecule has 12 heteroatoms. The van der Waals surface area contributed by atoms with Crippen LogP contribution >= 0.6 is 21.2 Å². The van der Waals surface area contributed by atoms with Crippen LogP contribution in [0.4, 0.5) is 11.4 Å². The zero-order chi connectivity index (χ0) is 17.0. The lowest BCUT2D eigenvalue weighted by Gasteiger charge is -2.08. The first-order chi connectivity index (χ1) is 10.2. The van der Waals surface area contributed by atoms with Crippen LogP contribution < -0.4 is 0 Å². The molecular weight excluding hydrogens is 419 g/mol. The molecule has 0 fully saturated rings. The maximum atomic E-state index is 11.3. The summed E-state index contributed by atoms with van der Waals surface area (Å²) < 4.78 is 11.0. The van der Waals surface area contributed by atoms with Gasteiger partial charge < -0.3 is 10.2 Å². The highest BCUT2D eigenvalue weighted by Gasteiger charge is 2.34. The van der Waals surface area contributed by atoms with Crippen molar-refractivity contribution in [1.82, 2.24) is 0 Å². The molecule has 0 amide bonds. The van der Waals surface area contributed by atoms with E-state index in [1.54, 1.807) is 0 Å². The molecule has 0 heterocycles. The molecular formula is C10H7IN2O9. The fourth-order valence-electron chi connectivity index (χ4n) is 1.79. The van der Waals surface area contributed by atoms with Gasteiger partial charge in [0.1, 0.15) is 0 Å². The van der Waals surface area contributed by atoms with Crippen LogP contribution in [0.3, 0.4) is 0 Å². The zero-order valence-electron chi connectivity index (χ0n) is 10.5. The van der Waals surface area contributed by atoms with Crippen molar-refractivity contribution in [3.05, 3.63) is 41.0 Å². The second kappa shape index (κ2) is 6.97. The largest absolute Gasteiger partial charge is 0.481 e. The van der Waals surface area contributed by atoms with E-state index in [0.29, 0.717) is 6.07 Å². The number of carboxylic acids is 2. The van der Waals surface area contributed by atoms with E-state index in [1.807, 2.05) is 0 Å². The maximum Gasteiger partial charge on any atom is 0.350 e. The number of hydrogen-bond donors (Lipinski definition) is 2. The standard InChI is InChI=1S/C10H7IN2O9/c14-7(15)2-4-1-6(12(19)20)10(13(21)22)5(3-8(16)17)9(4)11-18/h1H,2-3H2,(H,14,15)(H,16,17). The molecule has 0 saturated heterocycles. The molecule has 0 unspecified atom stereocenters. The van der Waals surface area contributed by atoms with Gasteiger partial charge in [-0.15, -0.1) is 0 Å². The number of carbonyl (C=O) groups is 2. The smallest absolute Gasteiger partial charge is 0.350 e. The van der Waals surface area contributed by atoms with E-state index in [-0.39, 0.29) is 9.13 Å². The molecule has 0 aliphatic carbocycles. The molecule has 0 aliphatic heterocycles. The van der Waals surface area contributed by atoms with E-state index in [9.17, 15) is 32.9 Å². The van der Waals surface area contributed by atoms with Crippen LogP contribution in [0, 0.1) is 23.8 Å². The summed E-state index contributed by atoms with van der Waals surface area (Å²) in [5.41, 5.74) is -2.96. The van der Waals surface area contributed by atoms with Gasteiger partial charge in [-0.05, 0) is 5.56 Å². The quantitative estimate of drug-likeness (QED) is 0.369. The average molecular weight is 426 g/mol. The molecule has 0 saturated carbocycles. The molecule has 1 aromatic carbocycles. The van der Waals surface area contributed by atoms with Crippen LogP contribution in [-0.2, 0) is 25.5 Å². The van der Waals surface area contributed by atoms with Crippen LogP contribution in [0.2, 0.25) is 0 Å². The summed E-state index contributed by atoms with van der Waals surface area (Å²) >= 11 is -2.18. The van der Waals surface area contributed by atoms with Crippen molar-refractivity contribution in [1.29, 1.82) is 0 Å². The molecule has 0 aliphatic rings. The van der Waals surface area contributed by atoms with Crippen molar-refractivity contribution in [2.45, 2.75) is 12.8 Å². The Bertz CT molecular complexity index is 700. The fourth-order valence-corrected chi connectivity index (χ4v) is 3.13. The zero-order valence-corrected chi connectivity index (χ0v) is 12.7. The Morgan fingerprint density at radius 1 is 1.09 bits per heavy atom. The van der Waals surface area contributed by atoms with Crippen molar-refractivity contribution in [2.75, 3.05) is 0 Å². The summed E-state index contributed by atoms with van der Waals surface area (Å²) in [4.78, 5) is 41.3. The van der Waals surface area contributed by atoms with Gasteiger partial charge >= 0.3 is 23.3 Å². The van der Waals surface area contributed by atoms with Crippen LogP contribution in [0.1, 0.15) is 11.1 Å². The highest BCUT2D eigenvalue weighted by atomic mass is 127. The lowest BCUT2D eigenvalue weighted by molar-refractivity contribution is -0.423. The topological polar surface area (TPSA) is 178 Å². The van der Waals surface area contributed by atoms with Crippen molar-refractivity contribution < 1.29 is 32.7 Å². The Morgan fingerprint density at radius 2 is 1.64 bits per heavy atom. The average Bonchev–Trinajstić information content (AvgIpc) is 2.36. The number of benzene rings is 1. The van der Waals surface area contributed by atoms with E-state index < -0.39 is 72.8 Å². The van der Waals surface area contributed by atoms with E-state index in [0.717, 1.165) is 0 Å². The van der Waals surface area contributed by atoms with Gasteiger partial charge in [0.15, 0.2) is 21.2 Å². The normalized spacial score (nSPS) is 10.2. The van der Waals surface area contributed by atoms with E-state index in [1.165, 1.54) is 0 Å². The third kappa shape index (κ3) is 3.78. The van der Waals surface area contributed by atoms with E-state index in [4.69, 9.17) is 10.2 Å². The Hall–Kier alpha value is -2.51. The summed E-state index contributed by atoms with van der Waals surface area (Å²) in [5.74, 6) is -2.92. The van der Waals surface area contributed by atoms with Gasteiger partial charge in [0.2, 0.25) is 0 Å². The predicted molar refractivity (Wildman–Crippen MR) is 75.8 cm³/mol.